The Morgan fingerprint density at radius 2 is 1.71 bits per heavy atom. The Labute approximate surface area is 125 Å². The molecule has 0 atom stereocenters. The van der Waals surface area contributed by atoms with Crippen LogP contribution in [0.5, 0.6) is 0 Å². The van der Waals surface area contributed by atoms with Crippen LogP contribution in [0.15, 0.2) is 24.3 Å². The maximum absolute atomic E-state index is 12.4. The van der Waals surface area contributed by atoms with E-state index < -0.39 is 10.0 Å². The van der Waals surface area contributed by atoms with Crippen molar-refractivity contribution in [1.29, 1.82) is 0 Å². The zero-order chi connectivity index (χ0) is 15.5. The molecule has 1 aliphatic rings. The van der Waals surface area contributed by atoms with Crippen molar-refractivity contribution in [1.82, 2.24) is 9.80 Å². The van der Waals surface area contributed by atoms with Gasteiger partial charge in [-0.15, -0.1) is 0 Å². The lowest BCUT2D eigenvalue weighted by Gasteiger charge is -2.34. The highest BCUT2D eigenvalue weighted by Gasteiger charge is 2.21. The molecule has 0 radical (unpaired) electrons. The van der Waals surface area contributed by atoms with Gasteiger partial charge in [0.25, 0.3) is 5.91 Å². The predicted molar refractivity (Wildman–Crippen MR) is 82.9 cm³/mol. The topological polar surface area (TPSA) is 69.7 Å². The molecule has 1 heterocycles. The molecule has 21 heavy (non-hydrogen) atoms. The molecule has 1 aliphatic heterocycles. The van der Waals surface area contributed by atoms with E-state index in [1.54, 1.807) is 24.3 Å². The molecule has 1 aromatic carbocycles. The van der Waals surface area contributed by atoms with Gasteiger partial charge in [0.1, 0.15) is 0 Å². The molecule has 1 amide bonds. The molecule has 0 aromatic heterocycles. The van der Waals surface area contributed by atoms with Crippen molar-refractivity contribution >= 4 is 21.6 Å². The van der Waals surface area contributed by atoms with Crippen molar-refractivity contribution in [2.45, 2.75) is 6.92 Å². The third-order valence-electron chi connectivity index (χ3n) is 3.54. The molecule has 0 aliphatic carbocycles. The zero-order valence-electron chi connectivity index (χ0n) is 12.4. The van der Waals surface area contributed by atoms with Crippen molar-refractivity contribution in [3.05, 3.63) is 29.8 Å². The number of hydrogen-bond acceptors (Lipinski definition) is 4. The van der Waals surface area contributed by atoms with Crippen LogP contribution in [0, 0.1) is 0 Å². The number of likely N-dealkylation sites (N-methyl/N-ethyl adjacent to an activating group) is 1. The normalized spacial score (nSPS) is 16.8. The van der Waals surface area contributed by atoms with Gasteiger partial charge in [0.15, 0.2) is 0 Å². The smallest absolute Gasteiger partial charge is 0.253 e. The Hall–Kier alpha value is -1.60. The van der Waals surface area contributed by atoms with Crippen LogP contribution in [0.1, 0.15) is 17.3 Å². The first-order valence-electron chi connectivity index (χ1n) is 6.98. The Balaban J connectivity index is 2.00. The summed E-state index contributed by atoms with van der Waals surface area (Å²) in [5.41, 5.74) is 1.05. The van der Waals surface area contributed by atoms with Gasteiger partial charge >= 0.3 is 0 Å². The first-order valence-corrected chi connectivity index (χ1v) is 8.87. The lowest BCUT2D eigenvalue weighted by atomic mass is 10.1. The highest BCUT2D eigenvalue weighted by Crippen LogP contribution is 2.14. The van der Waals surface area contributed by atoms with Crippen LogP contribution in [0.25, 0.3) is 0 Å². The third-order valence-corrected chi connectivity index (χ3v) is 4.15. The van der Waals surface area contributed by atoms with E-state index in [9.17, 15) is 13.2 Å². The summed E-state index contributed by atoms with van der Waals surface area (Å²) >= 11 is 0. The van der Waals surface area contributed by atoms with E-state index in [2.05, 4.69) is 16.5 Å². The average molecular weight is 311 g/mol. The van der Waals surface area contributed by atoms with Gasteiger partial charge in [-0.2, -0.15) is 0 Å². The summed E-state index contributed by atoms with van der Waals surface area (Å²) in [5.74, 6) is -0.00309. The lowest BCUT2D eigenvalue weighted by Crippen LogP contribution is -2.48. The minimum absolute atomic E-state index is 0.00309. The maximum atomic E-state index is 12.4. The predicted octanol–water partition coefficient (Wildman–Crippen LogP) is 0.836. The summed E-state index contributed by atoms with van der Waals surface area (Å²) in [7, 11) is -3.29. The maximum Gasteiger partial charge on any atom is 0.253 e. The van der Waals surface area contributed by atoms with E-state index >= 15 is 0 Å². The second-order valence-electron chi connectivity index (χ2n) is 5.18. The summed E-state index contributed by atoms with van der Waals surface area (Å²) in [6.07, 6.45) is 1.10. The number of piperazine rings is 1. The van der Waals surface area contributed by atoms with Gasteiger partial charge < -0.3 is 9.80 Å². The summed E-state index contributed by atoms with van der Waals surface area (Å²) < 4.78 is 24.7. The average Bonchev–Trinajstić information content (AvgIpc) is 2.46. The number of amides is 1. The molecular formula is C14H21N3O3S. The summed E-state index contributed by atoms with van der Waals surface area (Å²) in [4.78, 5) is 16.5. The van der Waals surface area contributed by atoms with Crippen molar-refractivity contribution in [3.63, 3.8) is 0 Å². The minimum atomic E-state index is -3.29. The lowest BCUT2D eigenvalue weighted by molar-refractivity contribution is 0.0643. The number of sulfonamides is 1. The molecule has 0 bridgehead atoms. The van der Waals surface area contributed by atoms with Crippen molar-refractivity contribution < 1.29 is 13.2 Å². The highest BCUT2D eigenvalue weighted by molar-refractivity contribution is 7.92. The monoisotopic (exact) mass is 311 g/mol. The Bertz CT molecular complexity index is 590. The van der Waals surface area contributed by atoms with Crippen LogP contribution < -0.4 is 4.72 Å². The van der Waals surface area contributed by atoms with Gasteiger partial charge in [0.05, 0.1) is 6.26 Å². The number of benzene rings is 1. The van der Waals surface area contributed by atoms with Gasteiger partial charge in [0.2, 0.25) is 10.0 Å². The van der Waals surface area contributed by atoms with E-state index in [0.29, 0.717) is 11.3 Å². The van der Waals surface area contributed by atoms with E-state index in [0.717, 1.165) is 39.0 Å². The Kier molecular flexibility index (Phi) is 4.84. The molecular weight excluding hydrogens is 290 g/mol. The second-order valence-corrected chi connectivity index (χ2v) is 6.93. The number of nitrogens with one attached hydrogen (secondary N) is 1. The second kappa shape index (κ2) is 6.44. The van der Waals surface area contributed by atoms with Crippen LogP contribution in [-0.2, 0) is 10.0 Å². The fourth-order valence-corrected chi connectivity index (χ4v) is 2.91. The standard InChI is InChI=1S/C14H21N3O3S/c1-3-16-8-10-17(11-9-16)14(18)12-4-6-13(7-5-12)15-21(2,19)20/h4-7,15H,3,8-11H2,1-2H3. The van der Waals surface area contributed by atoms with Gasteiger partial charge in [0, 0.05) is 37.4 Å². The number of carbonyl (C=O) groups is 1. The third kappa shape index (κ3) is 4.44. The molecule has 7 heteroatoms. The van der Waals surface area contributed by atoms with Crippen LogP contribution in [0.2, 0.25) is 0 Å². The Morgan fingerprint density at radius 3 is 2.19 bits per heavy atom. The number of anilines is 1. The van der Waals surface area contributed by atoms with Gasteiger partial charge in [-0.25, -0.2) is 8.42 Å². The van der Waals surface area contributed by atoms with Gasteiger partial charge in [-0.1, -0.05) is 6.92 Å². The van der Waals surface area contributed by atoms with E-state index in [4.69, 9.17) is 0 Å². The number of rotatable bonds is 4. The molecule has 6 nitrogen and oxygen atoms in total. The molecule has 0 unspecified atom stereocenters. The largest absolute Gasteiger partial charge is 0.336 e. The van der Waals surface area contributed by atoms with Crippen LogP contribution >= 0.6 is 0 Å². The number of nitrogens with zero attached hydrogens (tertiary/aromatic N) is 2. The molecule has 1 saturated heterocycles. The zero-order valence-corrected chi connectivity index (χ0v) is 13.2. The minimum Gasteiger partial charge on any atom is -0.336 e. The van der Waals surface area contributed by atoms with Crippen LogP contribution in [-0.4, -0.2) is 63.1 Å². The molecule has 1 aromatic rings. The van der Waals surface area contributed by atoms with Gasteiger partial charge in [-0.05, 0) is 30.8 Å². The summed E-state index contributed by atoms with van der Waals surface area (Å²) in [6, 6.07) is 6.53. The molecule has 0 saturated carbocycles. The first kappa shape index (κ1) is 15.8. The molecule has 1 fully saturated rings. The molecule has 1 N–H and O–H groups in total. The Morgan fingerprint density at radius 1 is 1.14 bits per heavy atom. The first-order chi connectivity index (χ1) is 9.89. The molecule has 0 spiro atoms. The van der Waals surface area contributed by atoms with Crippen LogP contribution in [0.3, 0.4) is 0 Å². The fourth-order valence-electron chi connectivity index (χ4n) is 2.34. The van der Waals surface area contributed by atoms with Crippen molar-refractivity contribution in [3.8, 4) is 0 Å². The summed E-state index contributed by atoms with van der Waals surface area (Å²) in [6.45, 7) is 6.39. The van der Waals surface area contributed by atoms with Crippen LogP contribution in [0.4, 0.5) is 5.69 Å². The number of carbonyl (C=O) groups excluding carboxylic acids is 1. The highest BCUT2D eigenvalue weighted by atomic mass is 32.2. The quantitative estimate of drug-likeness (QED) is 0.894. The fraction of sp³-hybridized carbons (Fsp3) is 0.500. The van der Waals surface area contributed by atoms with Crippen molar-refractivity contribution in [2.24, 2.45) is 0 Å². The SMILES string of the molecule is CCN1CCN(C(=O)c2ccc(NS(C)(=O)=O)cc2)CC1. The van der Waals surface area contributed by atoms with E-state index in [1.807, 2.05) is 4.90 Å². The summed E-state index contributed by atoms with van der Waals surface area (Å²) in [5, 5.41) is 0. The van der Waals surface area contributed by atoms with Crippen molar-refractivity contribution in [2.75, 3.05) is 43.7 Å². The molecule has 116 valence electrons. The molecule has 2 rings (SSSR count). The van der Waals surface area contributed by atoms with Gasteiger partial charge in [-0.3, -0.25) is 9.52 Å². The van der Waals surface area contributed by atoms with E-state index in [1.165, 1.54) is 0 Å². The van der Waals surface area contributed by atoms with E-state index in [-0.39, 0.29) is 5.91 Å². The number of hydrogen-bond donors (Lipinski definition) is 1.